The summed E-state index contributed by atoms with van der Waals surface area (Å²) in [6.07, 6.45) is 2.95. The van der Waals surface area contributed by atoms with Crippen molar-refractivity contribution in [1.29, 1.82) is 0 Å². The van der Waals surface area contributed by atoms with Crippen LogP contribution in [0.3, 0.4) is 0 Å². The fourth-order valence-electron chi connectivity index (χ4n) is 3.27. The molecule has 1 fully saturated rings. The summed E-state index contributed by atoms with van der Waals surface area (Å²) >= 11 is 0. The molecule has 22 heavy (non-hydrogen) atoms. The quantitative estimate of drug-likeness (QED) is 0.947. The number of aromatic nitrogens is 1. The minimum atomic E-state index is 0.0794. The number of carbonyl (C=O) groups excluding carboxylic acids is 1. The minimum absolute atomic E-state index is 0.0794. The van der Waals surface area contributed by atoms with Gasteiger partial charge in [-0.25, -0.2) is 0 Å². The molecule has 1 saturated heterocycles. The molecule has 1 aliphatic heterocycles. The first kappa shape index (κ1) is 14.8. The fraction of sp³-hybridized carbons (Fsp3) is 0.444. The molecule has 1 N–H and O–H groups in total. The number of rotatable bonds is 3. The molecule has 3 rings (SSSR count). The molecular weight excluding hydrogens is 274 g/mol. The van der Waals surface area contributed by atoms with Crippen LogP contribution in [0, 0.1) is 5.92 Å². The Morgan fingerprint density at radius 2 is 2.23 bits per heavy atom. The van der Waals surface area contributed by atoms with Gasteiger partial charge >= 0.3 is 0 Å². The van der Waals surface area contributed by atoms with E-state index in [9.17, 15) is 4.79 Å². The summed E-state index contributed by atoms with van der Waals surface area (Å²) in [6, 6.07) is 10.5. The van der Waals surface area contributed by atoms with Crippen LogP contribution in [0.5, 0.6) is 0 Å². The standard InChI is InChI=1S/C18H23N3O/c1-3-14-11-17(15-8-4-5-9-16(15)20-14)21-10-6-7-13(12-21)18(22)19-2/h4-5,8-9,11,13H,3,6-7,10,12H2,1-2H3,(H,19,22). The van der Waals surface area contributed by atoms with Crippen molar-refractivity contribution >= 4 is 22.5 Å². The summed E-state index contributed by atoms with van der Waals surface area (Å²) in [4.78, 5) is 19.0. The lowest BCUT2D eigenvalue weighted by Gasteiger charge is -2.34. The Morgan fingerprint density at radius 3 is 3.00 bits per heavy atom. The number of benzene rings is 1. The van der Waals surface area contributed by atoms with Crippen molar-refractivity contribution in [3.8, 4) is 0 Å². The number of hydrogen-bond donors (Lipinski definition) is 1. The van der Waals surface area contributed by atoms with Crippen LogP contribution < -0.4 is 10.2 Å². The van der Waals surface area contributed by atoms with E-state index in [2.05, 4.69) is 41.4 Å². The minimum Gasteiger partial charge on any atom is -0.370 e. The van der Waals surface area contributed by atoms with Gasteiger partial charge in [-0.15, -0.1) is 0 Å². The second-order valence-electron chi connectivity index (χ2n) is 5.90. The smallest absolute Gasteiger partial charge is 0.224 e. The molecule has 4 nitrogen and oxygen atoms in total. The Morgan fingerprint density at radius 1 is 1.41 bits per heavy atom. The van der Waals surface area contributed by atoms with Gasteiger partial charge in [0.05, 0.1) is 11.4 Å². The van der Waals surface area contributed by atoms with E-state index in [1.807, 2.05) is 6.07 Å². The zero-order valence-corrected chi connectivity index (χ0v) is 13.3. The Hall–Kier alpha value is -2.10. The first-order chi connectivity index (χ1) is 10.7. The number of aryl methyl sites for hydroxylation is 1. The molecule has 0 radical (unpaired) electrons. The Kier molecular flexibility index (Phi) is 4.27. The molecule has 0 bridgehead atoms. The van der Waals surface area contributed by atoms with E-state index in [1.54, 1.807) is 7.05 Å². The number of piperidine rings is 1. The Bertz CT molecular complexity index is 683. The van der Waals surface area contributed by atoms with E-state index < -0.39 is 0 Å². The third-order valence-corrected chi connectivity index (χ3v) is 4.49. The largest absolute Gasteiger partial charge is 0.370 e. The third kappa shape index (κ3) is 2.78. The van der Waals surface area contributed by atoms with Gasteiger partial charge in [-0.3, -0.25) is 9.78 Å². The molecule has 2 aromatic rings. The first-order valence-corrected chi connectivity index (χ1v) is 8.08. The lowest BCUT2D eigenvalue weighted by Crippen LogP contribution is -2.42. The number of para-hydroxylation sites is 1. The molecule has 1 aliphatic rings. The second kappa shape index (κ2) is 6.34. The topological polar surface area (TPSA) is 45.2 Å². The second-order valence-corrected chi connectivity index (χ2v) is 5.90. The zero-order chi connectivity index (χ0) is 15.5. The predicted molar refractivity (Wildman–Crippen MR) is 90.1 cm³/mol. The lowest BCUT2D eigenvalue weighted by molar-refractivity contribution is -0.124. The highest BCUT2D eigenvalue weighted by atomic mass is 16.1. The summed E-state index contributed by atoms with van der Waals surface area (Å²) in [5.74, 6) is 0.231. The normalized spacial score (nSPS) is 18.5. The number of amides is 1. The lowest BCUT2D eigenvalue weighted by atomic mass is 9.96. The molecular formula is C18H23N3O. The Balaban J connectivity index is 1.99. The summed E-state index contributed by atoms with van der Waals surface area (Å²) in [7, 11) is 1.72. The molecule has 0 aliphatic carbocycles. The van der Waals surface area contributed by atoms with Crippen LogP contribution in [0.25, 0.3) is 10.9 Å². The SMILES string of the molecule is CCc1cc(N2CCCC(C(=O)NC)C2)c2ccccc2n1. The highest BCUT2D eigenvalue weighted by Gasteiger charge is 2.26. The number of anilines is 1. The van der Waals surface area contributed by atoms with Crippen molar-refractivity contribution < 1.29 is 4.79 Å². The van der Waals surface area contributed by atoms with Gasteiger partial charge in [-0.05, 0) is 31.4 Å². The van der Waals surface area contributed by atoms with Crippen molar-refractivity contribution in [2.24, 2.45) is 5.92 Å². The molecule has 2 heterocycles. The van der Waals surface area contributed by atoms with E-state index in [-0.39, 0.29) is 11.8 Å². The van der Waals surface area contributed by atoms with Crippen LogP contribution in [-0.2, 0) is 11.2 Å². The number of carbonyl (C=O) groups is 1. The van der Waals surface area contributed by atoms with Crippen LogP contribution in [0.4, 0.5) is 5.69 Å². The molecule has 116 valence electrons. The van der Waals surface area contributed by atoms with Crippen molar-refractivity contribution in [2.75, 3.05) is 25.0 Å². The van der Waals surface area contributed by atoms with Crippen LogP contribution in [0.2, 0.25) is 0 Å². The molecule has 0 spiro atoms. The average molecular weight is 297 g/mol. The summed E-state index contributed by atoms with van der Waals surface area (Å²) < 4.78 is 0. The molecule has 1 amide bonds. The number of fused-ring (bicyclic) bond motifs is 1. The highest BCUT2D eigenvalue weighted by molar-refractivity contribution is 5.92. The monoisotopic (exact) mass is 297 g/mol. The molecule has 1 aromatic heterocycles. The van der Waals surface area contributed by atoms with Crippen LogP contribution in [-0.4, -0.2) is 31.0 Å². The van der Waals surface area contributed by atoms with Crippen LogP contribution >= 0.6 is 0 Å². The van der Waals surface area contributed by atoms with E-state index in [4.69, 9.17) is 4.98 Å². The van der Waals surface area contributed by atoms with Gasteiger partial charge in [-0.2, -0.15) is 0 Å². The summed E-state index contributed by atoms with van der Waals surface area (Å²) in [6.45, 7) is 3.92. The van der Waals surface area contributed by atoms with Crippen molar-refractivity contribution in [1.82, 2.24) is 10.3 Å². The van der Waals surface area contributed by atoms with E-state index in [0.29, 0.717) is 0 Å². The van der Waals surface area contributed by atoms with Gasteiger partial charge in [0.15, 0.2) is 0 Å². The first-order valence-electron chi connectivity index (χ1n) is 8.08. The molecule has 0 saturated carbocycles. The van der Waals surface area contributed by atoms with E-state index >= 15 is 0 Å². The molecule has 1 atom stereocenters. The van der Waals surface area contributed by atoms with Crippen LogP contribution in [0.15, 0.2) is 30.3 Å². The molecule has 1 aromatic carbocycles. The van der Waals surface area contributed by atoms with Gasteiger partial charge in [0.2, 0.25) is 5.91 Å². The fourth-order valence-corrected chi connectivity index (χ4v) is 3.27. The van der Waals surface area contributed by atoms with Gasteiger partial charge in [0, 0.05) is 36.9 Å². The zero-order valence-electron chi connectivity index (χ0n) is 13.3. The summed E-state index contributed by atoms with van der Waals surface area (Å²) in [5.41, 5.74) is 3.37. The maximum absolute atomic E-state index is 12.0. The van der Waals surface area contributed by atoms with E-state index in [1.165, 1.54) is 11.1 Å². The predicted octanol–water partition coefficient (Wildman–Crippen LogP) is 2.76. The van der Waals surface area contributed by atoms with Crippen molar-refractivity contribution in [3.63, 3.8) is 0 Å². The number of nitrogens with zero attached hydrogens (tertiary/aromatic N) is 2. The highest BCUT2D eigenvalue weighted by Crippen LogP contribution is 2.30. The average Bonchev–Trinajstić information content (AvgIpc) is 2.60. The Labute approximate surface area is 131 Å². The van der Waals surface area contributed by atoms with Crippen molar-refractivity contribution in [3.05, 3.63) is 36.0 Å². The maximum Gasteiger partial charge on any atom is 0.224 e. The van der Waals surface area contributed by atoms with E-state index in [0.717, 1.165) is 43.6 Å². The van der Waals surface area contributed by atoms with Gasteiger partial charge in [0.1, 0.15) is 0 Å². The number of hydrogen-bond acceptors (Lipinski definition) is 3. The third-order valence-electron chi connectivity index (χ3n) is 4.49. The number of pyridine rings is 1. The molecule has 4 heteroatoms. The van der Waals surface area contributed by atoms with Gasteiger partial charge in [-0.1, -0.05) is 25.1 Å². The van der Waals surface area contributed by atoms with Gasteiger partial charge in [0.25, 0.3) is 0 Å². The number of nitrogens with one attached hydrogen (secondary N) is 1. The van der Waals surface area contributed by atoms with Crippen molar-refractivity contribution in [2.45, 2.75) is 26.2 Å². The van der Waals surface area contributed by atoms with Gasteiger partial charge < -0.3 is 10.2 Å². The summed E-state index contributed by atoms with van der Waals surface area (Å²) in [5, 5.41) is 3.97. The molecule has 1 unspecified atom stereocenters. The van der Waals surface area contributed by atoms with Crippen LogP contribution in [0.1, 0.15) is 25.5 Å². The maximum atomic E-state index is 12.0.